The standard InChI is InChI=1S/C14H18N2O2S3/c1-10(2)14-16-11(7-20-14)8-21(18)9-13(17)15-6-12-4-3-5-19-12/h3-5,7,10H,6,8-9H2,1-2H3,(H,15,17). The van der Waals surface area contributed by atoms with Crippen molar-refractivity contribution in [3.63, 3.8) is 0 Å². The van der Waals surface area contributed by atoms with Gasteiger partial charge in [-0.05, 0) is 11.4 Å². The van der Waals surface area contributed by atoms with Crippen LogP contribution in [-0.2, 0) is 27.9 Å². The third-order valence-corrected chi connectivity index (χ3v) is 5.98. The Morgan fingerprint density at radius 1 is 1.43 bits per heavy atom. The molecule has 4 nitrogen and oxygen atoms in total. The number of thiazole rings is 1. The van der Waals surface area contributed by atoms with Gasteiger partial charge in [-0.1, -0.05) is 19.9 Å². The molecular weight excluding hydrogens is 324 g/mol. The molecular formula is C14H18N2O2S3. The monoisotopic (exact) mass is 342 g/mol. The number of hydrogen-bond acceptors (Lipinski definition) is 5. The summed E-state index contributed by atoms with van der Waals surface area (Å²) in [6.45, 7) is 4.66. The average molecular weight is 343 g/mol. The highest BCUT2D eigenvalue weighted by Crippen LogP contribution is 2.19. The summed E-state index contributed by atoms with van der Waals surface area (Å²) in [5, 5.41) is 7.73. The fourth-order valence-corrected chi connectivity index (χ4v) is 4.23. The molecule has 2 aromatic heterocycles. The van der Waals surface area contributed by atoms with Crippen LogP contribution in [-0.4, -0.2) is 20.9 Å². The quantitative estimate of drug-likeness (QED) is 0.842. The van der Waals surface area contributed by atoms with E-state index >= 15 is 0 Å². The van der Waals surface area contributed by atoms with Gasteiger partial charge in [-0.2, -0.15) is 0 Å². The van der Waals surface area contributed by atoms with Crippen molar-refractivity contribution in [3.8, 4) is 0 Å². The predicted molar refractivity (Wildman–Crippen MR) is 89.1 cm³/mol. The van der Waals surface area contributed by atoms with Gasteiger partial charge in [-0.3, -0.25) is 9.00 Å². The Balaban J connectivity index is 1.76. The second-order valence-corrected chi connectivity index (χ2v) is 8.30. The molecule has 0 fully saturated rings. The van der Waals surface area contributed by atoms with Crippen molar-refractivity contribution in [2.45, 2.75) is 32.1 Å². The lowest BCUT2D eigenvalue weighted by Crippen LogP contribution is -2.27. The van der Waals surface area contributed by atoms with Gasteiger partial charge in [0.05, 0.1) is 23.0 Å². The summed E-state index contributed by atoms with van der Waals surface area (Å²) in [6.07, 6.45) is 0. The minimum Gasteiger partial charge on any atom is -0.350 e. The van der Waals surface area contributed by atoms with Gasteiger partial charge in [-0.15, -0.1) is 22.7 Å². The molecule has 1 N–H and O–H groups in total. The summed E-state index contributed by atoms with van der Waals surface area (Å²) in [7, 11) is -1.21. The molecule has 114 valence electrons. The summed E-state index contributed by atoms with van der Waals surface area (Å²) in [5.74, 6) is 0.572. The summed E-state index contributed by atoms with van der Waals surface area (Å²) in [4.78, 5) is 17.3. The molecule has 1 amide bonds. The summed E-state index contributed by atoms with van der Waals surface area (Å²) >= 11 is 3.17. The minimum absolute atomic E-state index is 0.0277. The fraction of sp³-hybridized carbons (Fsp3) is 0.429. The van der Waals surface area contributed by atoms with Crippen LogP contribution in [0.3, 0.4) is 0 Å². The number of thiophene rings is 1. The highest BCUT2D eigenvalue weighted by atomic mass is 32.2. The van der Waals surface area contributed by atoms with E-state index in [9.17, 15) is 9.00 Å². The Hall–Kier alpha value is -1.05. The maximum Gasteiger partial charge on any atom is 0.232 e. The van der Waals surface area contributed by atoms with Gasteiger partial charge in [0, 0.05) is 27.0 Å². The van der Waals surface area contributed by atoms with Crippen LogP contribution in [0.15, 0.2) is 22.9 Å². The zero-order chi connectivity index (χ0) is 15.2. The first-order chi connectivity index (χ1) is 10.0. The lowest BCUT2D eigenvalue weighted by Gasteiger charge is -2.03. The number of aromatic nitrogens is 1. The smallest absolute Gasteiger partial charge is 0.232 e. The van der Waals surface area contributed by atoms with Crippen LogP contribution >= 0.6 is 22.7 Å². The third-order valence-electron chi connectivity index (χ3n) is 2.70. The van der Waals surface area contributed by atoms with Crippen molar-refractivity contribution in [1.82, 2.24) is 10.3 Å². The molecule has 0 aromatic carbocycles. The Kier molecular flexibility index (Phi) is 6.08. The molecule has 0 spiro atoms. The van der Waals surface area contributed by atoms with E-state index in [1.807, 2.05) is 22.9 Å². The molecule has 0 bridgehead atoms. The van der Waals surface area contributed by atoms with Gasteiger partial charge in [0.15, 0.2) is 0 Å². The third kappa shape index (κ3) is 5.33. The van der Waals surface area contributed by atoms with Crippen LogP contribution in [0.4, 0.5) is 0 Å². The van der Waals surface area contributed by atoms with Crippen LogP contribution in [0.2, 0.25) is 0 Å². The molecule has 21 heavy (non-hydrogen) atoms. The normalized spacial score (nSPS) is 12.5. The second kappa shape index (κ2) is 7.82. The number of carbonyl (C=O) groups is 1. The molecule has 0 aliphatic heterocycles. The van der Waals surface area contributed by atoms with E-state index in [1.165, 1.54) is 0 Å². The summed E-state index contributed by atoms with van der Waals surface area (Å²) in [6, 6.07) is 3.91. The van der Waals surface area contributed by atoms with Gasteiger partial charge in [-0.25, -0.2) is 4.98 Å². The van der Waals surface area contributed by atoms with E-state index < -0.39 is 10.8 Å². The number of hydrogen-bond donors (Lipinski definition) is 1. The van der Waals surface area contributed by atoms with E-state index in [1.54, 1.807) is 22.7 Å². The molecule has 0 radical (unpaired) electrons. The highest BCUT2D eigenvalue weighted by molar-refractivity contribution is 7.84. The van der Waals surface area contributed by atoms with Gasteiger partial charge in [0.1, 0.15) is 5.75 Å². The Bertz CT molecular complexity index is 606. The second-order valence-electron chi connectivity index (χ2n) is 4.92. The maximum absolute atomic E-state index is 12.0. The fourth-order valence-electron chi connectivity index (χ4n) is 1.67. The van der Waals surface area contributed by atoms with Crippen molar-refractivity contribution >= 4 is 39.4 Å². The van der Waals surface area contributed by atoms with Crippen LogP contribution in [0, 0.1) is 0 Å². The van der Waals surface area contributed by atoms with E-state index in [-0.39, 0.29) is 11.7 Å². The highest BCUT2D eigenvalue weighted by Gasteiger charge is 2.12. The molecule has 1 unspecified atom stereocenters. The molecule has 2 rings (SSSR count). The van der Waals surface area contributed by atoms with E-state index in [0.29, 0.717) is 18.2 Å². The first-order valence-electron chi connectivity index (χ1n) is 6.63. The molecule has 0 aliphatic carbocycles. The SMILES string of the molecule is CC(C)c1nc(CS(=O)CC(=O)NCc2cccs2)cs1. The van der Waals surface area contributed by atoms with Crippen LogP contribution < -0.4 is 5.32 Å². The first kappa shape index (κ1) is 16.3. The van der Waals surface area contributed by atoms with E-state index in [2.05, 4.69) is 24.1 Å². The summed E-state index contributed by atoms with van der Waals surface area (Å²) in [5.41, 5.74) is 0.813. The number of nitrogens with zero attached hydrogens (tertiary/aromatic N) is 1. The molecule has 2 aromatic rings. The van der Waals surface area contributed by atoms with Gasteiger partial charge in [0.25, 0.3) is 0 Å². The van der Waals surface area contributed by atoms with Gasteiger partial charge < -0.3 is 5.32 Å². The zero-order valence-corrected chi connectivity index (χ0v) is 14.4. The number of carbonyl (C=O) groups excluding carboxylic acids is 1. The van der Waals surface area contributed by atoms with Gasteiger partial charge >= 0.3 is 0 Å². The van der Waals surface area contributed by atoms with Crippen LogP contribution in [0.1, 0.15) is 35.3 Å². The van der Waals surface area contributed by atoms with Crippen molar-refractivity contribution in [2.24, 2.45) is 0 Å². The summed E-state index contributed by atoms with van der Waals surface area (Å²) < 4.78 is 12.0. The average Bonchev–Trinajstić information content (AvgIpc) is 3.06. The van der Waals surface area contributed by atoms with Gasteiger partial charge in [0.2, 0.25) is 5.91 Å². The van der Waals surface area contributed by atoms with Crippen LogP contribution in [0.25, 0.3) is 0 Å². The Labute approximate surface area is 135 Å². The number of nitrogens with one attached hydrogen (secondary N) is 1. The molecule has 2 heterocycles. The maximum atomic E-state index is 12.0. The minimum atomic E-state index is -1.21. The zero-order valence-electron chi connectivity index (χ0n) is 12.0. The first-order valence-corrected chi connectivity index (χ1v) is 9.87. The predicted octanol–water partition coefficient (Wildman–Crippen LogP) is 2.89. The number of amides is 1. The topological polar surface area (TPSA) is 59.1 Å². The molecule has 0 aliphatic rings. The Morgan fingerprint density at radius 3 is 2.86 bits per heavy atom. The molecule has 1 atom stereocenters. The molecule has 0 saturated heterocycles. The van der Waals surface area contributed by atoms with Crippen molar-refractivity contribution in [2.75, 3.05) is 5.75 Å². The van der Waals surface area contributed by atoms with E-state index in [0.717, 1.165) is 15.6 Å². The lowest BCUT2D eigenvalue weighted by molar-refractivity contribution is -0.118. The van der Waals surface area contributed by atoms with E-state index in [4.69, 9.17) is 0 Å². The molecule has 7 heteroatoms. The molecule has 0 saturated carbocycles. The van der Waals surface area contributed by atoms with Crippen molar-refractivity contribution in [1.29, 1.82) is 0 Å². The van der Waals surface area contributed by atoms with Crippen LogP contribution in [0.5, 0.6) is 0 Å². The van der Waals surface area contributed by atoms with Crippen molar-refractivity contribution < 1.29 is 9.00 Å². The largest absolute Gasteiger partial charge is 0.350 e. The van der Waals surface area contributed by atoms with Crippen molar-refractivity contribution in [3.05, 3.63) is 38.5 Å². The Morgan fingerprint density at radius 2 is 2.24 bits per heavy atom. The lowest BCUT2D eigenvalue weighted by atomic mass is 10.2. The number of rotatable bonds is 7.